The van der Waals surface area contributed by atoms with Crippen molar-refractivity contribution in [3.8, 4) is 0 Å². The smallest absolute Gasteiger partial charge is 0.297 e. The number of benzene rings is 1. The number of hydrogen-bond donors (Lipinski definition) is 0. The van der Waals surface area contributed by atoms with Crippen molar-refractivity contribution in [1.82, 2.24) is 0 Å². The van der Waals surface area contributed by atoms with E-state index < -0.39 is 41.2 Å². The number of ketones is 2. The van der Waals surface area contributed by atoms with Crippen LogP contribution in [-0.4, -0.2) is 23.7 Å². The lowest BCUT2D eigenvalue weighted by molar-refractivity contribution is -0.145. The van der Waals surface area contributed by atoms with Crippen LogP contribution in [0.2, 0.25) is 0 Å². The molecular weight excluding hydrogens is 327 g/mol. The Morgan fingerprint density at radius 1 is 1.25 bits per heavy atom. The first kappa shape index (κ1) is 17.2. The van der Waals surface area contributed by atoms with E-state index in [1.807, 2.05) is 0 Å². The molecule has 0 aliphatic heterocycles. The lowest BCUT2D eigenvalue weighted by atomic mass is 9.70. The summed E-state index contributed by atoms with van der Waals surface area (Å²) in [6.07, 6.45) is 0.738. The number of carbonyl (C=O) groups is 3. The molecular formula is C18H21O5P. The van der Waals surface area contributed by atoms with Gasteiger partial charge in [-0.3, -0.25) is 18.9 Å². The monoisotopic (exact) mass is 348 g/mol. The Kier molecular flexibility index (Phi) is 3.93. The van der Waals surface area contributed by atoms with E-state index in [0.29, 0.717) is 6.42 Å². The van der Waals surface area contributed by atoms with Gasteiger partial charge in [-0.15, -0.1) is 0 Å². The minimum absolute atomic E-state index is 0.0833. The first-order valence-corrected chi connectivity index (χ1v) is 9.80. The molecule has 0 heterocycles. The summed E-state index contributed by atoms with van der Waals surface area (Å²) in [4.78, 5) is 38.4. The Morgan fingerprint density at radius 2 is 1.88 bits per heavy atom. The minimum Gasteiger partial charge on any atom is -0.320 e. The molecule has 3 atom stereocenters. The van der Waals surface area contributed by atoms with E-state index in [-0.39, 0.29) is 18.3 Å². The molecule has 2 saturated carbocycles. The summed E-state index contributed by atoms with van der Waals surface area (Å²) < 4.78 is 19.0. The van der Waals surface area contributed by atoms with Gasteiger partial charge in [0.2, 0.25) is 17.1 Å². The normalized spacial score (nSPS) is 30.4. The molecule has 0 N–H and O–H groups in total. The van der Waals surface area contributed by atoms with Crippen molar-refractivity contribution in [2.45, 2.75) is 33.6 Å². The first-order chi connectivity index (χ1) is 11.2. The van der Waals surface area contributed by atoms with Gasteiger partial charge < -0.3 is 4.52 Å². The fraction of sp³-hybridized carbons (Fsp3) is 0.500. The quantitative estimate of drug-likeness (QED) is 0.464. The second-order valence-electron chi connectivity index (χ2n) is 7.02. The second-order valence-corrected chi connectivity index (χ2v) is 9.31. The van der Waals surface area contributed by atoms with Gasteiger partial charge in [0.05, 0.1) is 6.61 Å². The van der Waals surface area contributed by atoms with Crippen LogP contribution in [0.4, 0.5) is 0 Å². The molecule has 24 heavy (non-hydrogen) atoms. The van der Waals surface area contributed by atoms with Crippen LogP contribution in [0.3, 0.4) is 0 Å². The molecule has 0 amide bonds. The molecule has 0 saturated heterocycles. The van der Waals surface area contributed by atoms with Crippen molar-refractivity contribution in [1.29, 1.82) is 0 Å². The van der Waals surface area contributed by atoms with E-state index >= 15 is 0 Å². The Hall–Kier alpha value is -1.58. The molecule has 2 aliphatic rings. The first-order valence-electron chi connectivity index (χ1n) is 8.17. The zero-order chi connectivity index (χ0) is 17.8. The van der Waals surface area contributed by atoms with Crippen molar-refractivity contribution in [3.05, 3.63) is 30.3 Å². The average Bonchev–Trinajstić information content (AvgIpc) is 2.91. The SMILES string of the molecule is CCOP(=O)(C(=O)C12CCC(C(=O)C1=O)C2(C)C)c1ccccc1. The van der Waals surface area contributed by atoms with Crippen LogP contribution in [0.5, 0.6) is 0 Å². The third-order valence-corrected chi connectivity index (χ3v) is 8.26. The van der Waals surface area contributed by atoms with Gasteiger partial charge in [0, 0.05) is 11.2 Å². The maximum absolute atomic E-state index is 13.6. The van der Waals surface area contributed by atoms with Crippen LogP contribution in [-0.2, 0) is 23.5 Å². The van der Waals surface area contributed by atoms with Gasteiger partial charge in [-0.25, -0.2) is 0 Å². The number of hydrogen-bond acceptors (Lipinski definition) is 5. The zero-order valence-electron chi connectivity index (χ0n) is 14.1. The highest BCUT2D eigenvalue weighted by molar-refractivity contribution is 7.83. The van der Waals surface area contributed by atoms with Crippen LogP contribution in [0.25, 0.3) is 0 Å². The Balaban J connectivity index is 2.17. The van der Waals surface area contributed by atoms with Crippen molar-refractivity contribution < 1.29 is 23.5 Å². The van der Waals surface area contributed by atoms with Gasteiger partial charge in [-0.1, -0.05) is 32.0 Å². The van der Waals surface area contributed by atoms with Crippen molar-refractivity contribution in [3.63, 3.8) is 0 Å². The lowest BCUT2D eigenvalue weighted by Gasteiger charge is -2.36. The Labute approximate surface area is 141 Å². The summed E-state index contributed by atoms with van der Waals surface area (Å²) in [7, 11) is -3.92. The Morgan fingerprint density at radius 3 is 2.38 bits per heavy atom. The predicted molar refractivity (Wildman–Crippen MR) is 89.3 cm³/mol. The van der Waals surface area contributed by atoms with Crippen LogP contribution in [0, 0.1) is 16.7 Å². The van der Waals surface area contributed by atoms with E-state index in [1.165, 1.54) is 0 Å². The van der Waals surface area contributed by atoms with E-state index in [9.17, 15) is 18.9 Å². The third-order valence-electron chi connectivity index (χ3n) is 5.75. The summed E-state index contributed by atoms with van der Waals surface area (Å²) in [6, 6.07) is 8.26. The number of carbonyl (C=O) groups excluding carboxylic acids is 3. The number of fused-ring (bicyclic) bond motifs is 2. The number of rotatable bonds is 5. The lowest BCUT2D eigenvalue weighted by Crippen LogP contribution is -2.45. The molecule has 0 aromatic heterocycles. The molecule has 6 heteroatoms. The summed E-state index contributed by atoms with van der Waals surface area (Å²) in [5, 5.41) is 0.276. The van der Waals surface area contributed by atoms with E-state index in [2.05, 4.69) is 0 Å². The summed E-state index contributed by atoms with van der Waals surface area (Å²) in [6.45, 7) is 5.25. The molecule has 3 rings (SSSR count). The number of Topliss-reactive ketones (excluding diaryl/α,β-unsaturated/α-hetero) is 2. The van der Waals surface area contributed by atoms with Crippen molar-refractivity contribution in [2.24, 2.45) is 16.7 Å². The van der Waals surface area contributed by atoms with E-state index in [0.717, 1.165) is 0 Å². The third kappa shape index (κ3) is 1.91. The maximum Gasteiger partial charge on any atom is 0.297 e. The van der Waals surface area contributed by atoms with Crippen molar-refractivity contribution in [2.75, 3.05) is 6.61 Å². The van der Waals surface area contributed by atoms with E-state index in [1.54, 1.807) is 51.1 Å². The largest absolute Gasteiger partial charge is 0.320 e. The zero-order valence-corrected chi connectivity index (χ0v) is 15.0. The molecule has 2 bridgehead atoms. The van der Waals surface area contributed by atoms with E-state index in [4.69, 9.17) is 4.52 Å². The summed E-state index contributed by atoms with van der Waals surface area (Å²) >= 11 is 0. The summed E-state index contributed by atoms with van der Waals surface area (Å²) in [5.41, 5.74) is -3.08. The fourth-order valence-electron chi connectivity index (χ4n) is 4.36. The molecule has 0 spiro atoms. The minimum atomic E-state index is -3.92. The molecule has 0 radical (unpaired) electrons. The fourth-order valence-corrected chi connectivity index (χ4v) is 6.80. The van der Waals surface area contributed by atoms with Crippen LogP contribution in [0.15, 0.2) is 30.3 Å². The highest BCUT2D eigenvalue weighted by Gasteiger charge is 2.74. The highest BCUT2D eigenvalue weighted by Crippen LogP contribution is 2.68. The van der Waals surface area contributed by atoms with Gasteiger partial charge in [-0.05, 0) is 37.3 Å². The van der Waals surface area contributed by atoms with Crippen LogP contribution >= 0.6 is 7.37 Å². The molecule has 3 unspecified atom stereocenters. The molecule has 5 nitrogen and oxygen atoms in total. The molecule has 128 valence electrons. The van der Waals surface area contributed by atoms with Crippen LogP contribution < -0.4 is 5.30 Å². The highest BCUT2D eigenvalue weighted by atomic mass is 31.2. The average molecular weight is 348 g/mol. The maximum atomic E-state index is 13.6. The molecule has 2 fully saturated rings. The van der Waals surface area contributed by atoms with Gasteiger partial charge in [0.25, 0.3) is 7.37 Å². The van der Waals surface area contributed by atoms with Crippen molar-refractivity contribution >= 4 is 29.8 Å². The topological polar surface area (TPSA) is 77.5 Å². The molecule has 1 aromatic rings. The summed E-state index contributed by atoms with van der Waals surface area (Å²) in [5.74, 6) is -1.67. The Bertz CT molecular complexity index is 767. The second kappa shape index (κ2) is 5.47. The standard InChI is InChI=1S/C18H21O5P/c1-4-23-24(22,12-8-6-5-7-9-12)16(21)18-11-10-13(17(18,2)3)14(19)15(18)20/h5-9,13H,4,10-11H2,1-3H3. The van der Waals surface area contributed by atoms with Gasteiger partial charge >= 0.3 is 0 Å². The van der Waals surface area contributed by atoms with Gasteiger partial charge in [0.15, 0.2) is 0 Å². The molecule has 1 aromatic carbocycles. The van der Waals surface area contributed by atoms with Gasteiger partial charge in [-0.2, -0.15) is 0 Å². The predicted octanol–water partition coefficient (Wildman–Crippen LogP) is 2.73. The van der Waals surface area contributed by atoms with Gasteiger partial charge in [0.1, 0.15) is 5.41 Å². The molecule has 2 aliphatic carbocycles. The van der Waals surface area contributed by atoms with Crippen LogP contribution in [0.1, 0.15) is 33.6 Å².